The number of rotatable bonds is 2. The average Bonchev–Trinajstić information content (AvgIpc) is 2.82. The average molecular weight is 261 g/mol. The Morgan fingerprint density at radius 1 is 1.22 bits per heavy atom. The molecule has 1 aromatic carbocycles. The highest BCUT2D eigenvalue weighted by Gasteiger charge is 2.26. The molecule has 0 spiro atoms. The van der Waals surface area contributed by atoms with Crippen molar-refractivity contribution in [2.75, 3.05) is 5.88 Å². The number of thioether (sulfide) groups is 1. The zero-order chi connectivity index (χ0) is 12.5. The molecule has 0 fully saturated rings. The zero-order valence-corrected chi connectivity index (χ0v) is 11.4. The lowest BCUT2D eigenvalue weighted by atomic mass is 10.2. The molecule has 5 heteroatoms. The molecule has 4 nitrogen and oxygen atoms in total. The third-order valence-corrected chi connectivity index (χ3v) is 4.39. The molecule has 0 saturated carbocycles. The summed E-state index contributed by atoms with van der Waals surface area (Å²) in [6, 6.07) is 10.9. The highest BCUT2D eigenvalue weighted by Crippen LogP contribution is 2.23. The largest absolute Gasteiger partial charge is 0.307 e. The second kappa shape index (κ2) is 4.74. The van der Waals surface area contributed by atoms with Crippen LogP contribution < -0.4 is 4.90 Å². The molecule has 18 heavy (non-hydrogen) atoms. The third kappa shape index (κ3) is 2.04. The summed E-state index contributed by atoms with van der Waals surface area (Å²) in [5.74, 6) is 2.06. The Bertz CT molecular complexity index is 535. The van der Waals surface area contributed by atoms with Crippen molar-refractivity contribution in [3.63, 3.8) is 0 Å². The summed E-state index contributed by atoms with van der Waals surface area (Å²) in [6.45, 7) is 5.47. The summed E-state index contributed by atoms with van der Waals surface area (Å²) < 4.78 is 2.23. The van der Waals surface area contributed by atoms with E-state index in [9.17, 15) is 0 Å². The van der Waals surface area contributed by atoms with Gasteiger partial charge in [-0.05, 0) is 25.6 Å². The second-order valence-corrected chi connectivity index (χ2v) is 5.80. The van der Waals surface area contributed by atoms with Crippen LogP contribution in [-0.4, -0.2) is 26.7 Å². The predicted molar refractivity (Wildman–Crippen MR) is 72.3 cm³/mol. The first-order valence-electron chi connectivity index (χ1n) is 6.21. The lowest BCUT2D eigenvalue weighted by Crippen LogP contribution is -3.14. The highest BCUT2D eigenvalue weighted by molar-refractivity contribution is 7.98. The van der Waals surface area contributed by atoms with E-state index < -0.39 is 0 Å². The van der Waals surface area contributed by atoms with Gasteiger partial charge in [0.25, 0.3) is 0 Å². The molecule has 1 N–H and O–H groups in total. The summed E-state index contributed by atoms with van der Waals surface area (Å²) in [5, 5.41) is 9.67. The van der Waals surface area contributed by atoms with Gasteiger partial charge < -0.3 is 4.90 Å². The van der Waals surface area contributed by atoms with Crippen LogP contribution in [0.4, 0.5) is 0 Å². The first kappa shape index (κ1) is 11.7. The molecule has 1 aromatic heterocycles. The minimum atomic E-state index is 0.622. The maximum atomic E-state index is 4.34. The fraction of sp³-hybridized carbons (Fsp3) is 0.385. The van der Waals surface area contributed by atoms with E-state index >= 15 is 0 Å². The van der Waals surface area contributed by atoms with E-state index in [4.69, 9.17) is 0 Å². The van der Waals surface area contributed by atoms with Gasteiger partial charge in [0.2, 0.25) is 5.16 Å². The van der Waals surface area contributed by atoms with E-state index in [0.29, 0.717) is 6.04 Å². The van der Waals surface area contributed by atoms with Crippen molar-refractivity contribution in [3.05, 3.63) is 30.3 Å². The number of nitrogens with zero attached hydrogens (tertiary/aromatic N) is 3. The van der Waals surface area contributed by atoms with Crippen LogP contribution in [0.1, 0.15) is 13.8 Å². The number of nitrogens with one attached hydrogen (secondary N) is 1. The van der Waals surface area contributed by atoms with Crippen LogP contribution in [0.5, 0.6) is 0 Å². The number of aromatic nitrogens is 3. The number of benzene rings is 1. The molecular weight excluding hydrogens is 244 g/mol. The summed E-state index contributed by atoms with van der Waals surface area (Å²) in [5.41, 5.74) is 1.14. The van der Waals surface area contributed by atoms with Gasteiger partial charge in [-0.15, -0.1) is 10.2 Å². The first-order valence-corrected chi connectivity index (χ1v) is 7.20. The number of hydrogen-bond acceptors (Lipinski definition) is 3. The third-order valence-electron chi connectivity index (χ3n) is 3.31. The molecule has 1 aliphatic rings. The Kier molecular flexibility index (Phi) is 3.09. The van der Waals surface area contributed by atoms with Gasteiger partial charge >= 0.3 is 0 Å². The Morgan fingerprint density at radius 3 is 2.72 bits per heavy atom. The van der Waals surface area contributed by atoms with Crippen molar-refractivity contribution in [3.8, 4) is 11.4 Å². The Hall–Kier alpha value is -1.33. The second-order valence-electron chi connectivity index (χ2n) is 4.86. The molecule has 2 heterocycles. The normalized spacial score (nSPS) is 18.9. The van der Waals surface area contributed by atoms with Gasteiger partial charge in [0, 0.05) is 5.56 Å². The van der Waals surface area contributed by atoms with Crippen molar-refractivity contribution in [1.29, 1.82) is 0 Å². The van der Waals surface area contributed by atoms with Gasteiger partial charge in [0.1, 0.15) is 5.88 Å². The Balaban J connectivity index is 1.98. The van der Waals surface area contributed by atoms with E-state index in [1.807, 2.05) is 18.2 Å². The lowest BCUT2D eigenvalue weighted by molar-refractivity contribution is -0.933. The molecular formula is C13H17N4S+. The standard InChI is InChI=1S/C13H16N4S/c1-10(2)16-8-17-12(11-6-4-3-5-7-11)14-15-13(17)18-9-16/h3-7,10H,8-9H2,1-2H3/p+1. The van der Waals surface area contributed by atoms with Gasteiger partial charge in [-0.25, -0.2) is 0 Å². The van der Waals surface area contributed by atoms with E-state index in [1.54, 1.807) is 16.7 Å². The van der Waals surface area contributed by atoms with Crippen molar-refractivity contribution >= 4 is 11.8 Å². The van der Waals surface area contributed by atoms with Gasteiger partial charge in [-0.1, -0.05) is 30.3 Å². The monoisotopic (exact) mass is 261 g/mol. The summed E-state index contributed by atoms with van der Waals surface area (Å²) in [4.78, 5) is 1.56. The van der Waals surface area contributed by atoms with Crippen molar-refractivity contribution in [2.24, 2.45) is 0 Å². The maximum absolute atomic E-state index is 4.34. The van der Waals surface area contributed by atoms with E-state index in [-0.39, 0.29) is 0 Å². The predicted octanol–water partition coefficient (Wildman–Crippen LogP) is 1.26. The quantitative estimate of drug-likeness (QED) is 0.884. The topological polar surface area (TPSA) is 35.2 Å². The van der Waals surface area contributed by atoms with Gasteiger partial charge in [0.05, 0.1) is 6.04 Å². The fourth-order valence-corrected chi connectivity index (χ4v) is 3.24. The molecule has 0 amide bonds. The summed E-state index contributed by atoms with van der Waals surface area (Å²) in [7, 11) is 0. The molecule has 0 saturated heterocycles. The molecule has 0 radical (unpaired) electrons. The zero-order valence-electron chi connectivity index (χ0n) is 10.6. The van der Waals surface area contributed by atoms with Crippen LogP contribution >= 0.6 is 11.8 Å². The van der Waals surface area contributed by atoms with Crippen LogP contribution in [0.3, 0.4) is 0 Å². The van der Waals surface area contributed by atoms with Crippen LogP contribution in [0, 0.1) is 0 Å². The van der Waals surface area contributed by atoms with Crippen LogP contribution in [-0.2, 0) is 6.67 Å². The maximum Gasteiger partial charge on any atom is 0.201 e. The highest BCUT2D eigenvalue weighted by atomic mass is 32.2. The summed E-state index contributed by atoms with van der Waals surface area (Å²) in [6.07, 6.45) is 0. The fourth-order valence-electron chi connectivity index (χ4n) is 2.09. The number of hydrogen-bond donors (Lipinski definition) is 1. The number of quaternary nitrogens is 1. The SMILES string of the molecule is CC(C)[NH+]1CSc2nnc(-c3ccccc3)n2C1. The molecule has 0 aliphatic carbocycles. The number of fused-ring (bicyclic) bond motifs is 1. The molecule has 1 aliphatic heterocycles. The summed E-state index contributed by atoms with van der Waals surface area (Å²) >= 11 is 1.79. The van der Waals surface area contributed by atoms with E-state index in [0.717, 1.165) is 29.1 Å². The molecule has 94 valence electrons. The van der Waals surface area contributed by atoms with E-state index in [1.165, 1.54) is 0 Å². The van der Waals surface area contributed by atoms with Gasteiger partial charge in [-0.2, -0.15) is 0 Å². The molecule has 0 bridgehead atoms. The minimum absolute atomic E-state index is 0.622. The lowest BCUT2D eigenvalue weighted by Gasteiger charge is -2.27. The molecule has 3 rings (SSSR count). The molecule has 2 aromatic rings. The Labute approximate surface area is 111 Å². The van der Waals surface area contributed by atoms with Crippen molar-refractivity contribution in [2.45, 2.75) is 31.7 Å². The van der Waals surface area contributed by atoms with Crippen molar-refractivity contribution < 1.29 is 4.90 Å². The van der Waals surface area contributed by atoms with Crippen LogP contribution in [0.2, 0.25) is 0 Å². The van der Waals surface area contributed by atoms with E-state index in [2.05, 4.69) is 40.7 Å². The van der Waals surface area contributed by atoms with Crippen LogP contribution in [0.15, 0.2) is 35.5 Å². The molecule has 1 unspecified atom stereocenters. The van der Waals surface area contributed by atoms with Crippen molar-refractivity contribution in [1.82, 2.24) is 14.8 Å². The smallest absolute Gasteiger partial charge is 0.201 e. The Morgan fingerprint density at radius 2 is 2.00 bits per heavy atom. The first-order chi connectivity index (χ1) is 8.75. The van der Waals surface area contributed by atoms with Gasteiger partial charge in [-0.3, -0.25) is 4.57 Å². The minimum Gasteiger partial charge on any atom is -0.307 e. The van der Waals surface area contributed by atoms with Crippen LogP contribution in [0.25, 0.3) is 11.4 Å². The molecule has 1 atom stereocenters. The van der Waals surface area contributed by atoms with Gasteiger partial charge in [0.15, 0.2) is 12.5 Å².